The normalized spacial score (nSPS) is 28.8. The van der Waals surface area contributed by atoms with Gasteiger partial charge in [0.05, 0.1) is 5.57 Å². The molecule has 0 amide bonds. The molecule has 2 atom stereocenters. The third-order valence-corrected chi connectivity index (χ3v) is 3.15. The van der Waals surface area contributed by atoms with E-state index in [4.69, 9.17) is 0 Å². The standard InChI is InChI=1S/C9H11F3S/c1-6-3-4-7(9(10,11)12)5-8(6)13-2/h3-6,8H,1-2H3. The molecule has 0 aromatic rings. The summed E-state index contributed by atoms with van der Waals surface area (Å²) in [5.74, 6) is 0.182. The molecular weight excluding hydrogens is 197 g/mol. The van der Waals surface area contributed by atoms with E-state index < -0.39 is 11.7 Å². The quantitative estimate of drug-likeness (QED) is 0.636. The molecule has 0 aromatic carbocycles. The van der Waals surface area contributed by atoms with Gasteiger partial charge in [-0.2, -0.15) is 24.9 Å². The molecule has 0 heterocycles. The largest absolute Gasteiger partial charge is 0.416 e. The molecule has 0 spiro atoms. The average molecular weight is 208 g/mol. The number of allylic oxidation sites excluding steroid dienone is 3. The number of alkyl halides is 3. The predicted molar refractivity (Wildman–Crippen MR) is 49.7 cm³/mol. The van der Waals surface area contributed by atoms with E-state index >= 15 is 0 Å². The van der Waals surface area contributed by atoms with Crippen LogP contribution in [0.15, 0.2) is 23.8 Å². The fourth-order valence-electron chi connectivity index (χ4n) is 1.22. The first-order valence-electron chi connectivity index (χ1n) is 3.95. The maximum atomic E-state index is 12.2. The van der Waals surface area contributed by atoms with Gasteiger partial charge in [0.25, 0.3) is 0 Å². The Morgan fingerprint density at radius 2 is 2.00 bits per heavy atom. The molecule has 0 fully saturated rings. The molecule has 0 nitrogen and oxygen atoms in total. The van der Waals surface area contributed by atoms with E-state index in [9.17, 15) is 13.2 Å². The fraction of sp³-hybridized carbons (Fsp3) is 0.556. The summed E-state index contributed by atoms with van der Waals surface area (Å²) in [6.45, 7) is 1.92. The van der Waals surface area contributed by atoms with E-state index in [1.807, 2.05) is 13.2 Å². The van der Waals surface area contributed by atoms with Crippen LogP contribution in [0.5, 0.6) is 0 Å². The molecule has 1 aliphatic rings. The Labute approximate surface area is 79.9 Å². The Morgan fingerprint density at radius 3 is 2.46 bits per heavy atom. The van der Waals surface area contributed by atoms with Crippen molar-refractivity contribution in [3.63, 3.8) is 0 Å². The Kier molecular flexibility index (Phi) is 3.11. The maximum Gasteiger partial charge on any atom is 0.416 e. The molecule has 0 radical (unpaired) electrons. The topological polar surface area (TPSA) is 0 Å². The SMILES string of the molecule is CSC1C=C(C(F)(F)F)C=CC1C. The van der Waals surface area contributed by atoms with E-state index in [0.717, 1.165) is 6.08 Å². The van der Waals surface area contributed by atoms with E-state index in [1.54, 1.807) is 6.08 Å². The molecule has 1 rings (SSSR count). The van der Waals surface area contributed by atoms with Gasteiger partial charge in [-0.15, -0.1) is 0 Å². The van der Waals surface area contributed by atoms with Crippen LogP contribution in [0.1, 0.15) is 6.92 Å². The number of thioether (sulfide) groups is 1. The molecule has 0 aromatic heterocycles. The van der Waals surface area contributed by atoms with Crippen LogP contribution >= 0.6 is 11.8 Å². The Balaban J connectivity index is 2.85. The molecule has 4 heteroatoms. The van der Waals surface area contributed by atoms with Crippen molar-refractivity contribution in [1.82, 2.24) is 0 Å². The van der Waals surface area contributed by atoms with Crippen LogP contribution in [-0.2, 0) is 0 Å². The highest BCUT2D eigenvalue weighted by Gasteiger charge is 2.34. The third-order valence-electron chi connectivity index (χ3n) is 2.04. The van der Waals surface area contributed by atoms with Crippen LogP contribution in [0.25, 0.3) is 0 Å². The molecule has 0 saturated carbocycles. The summed E-state index contributed by atoms with van der Waals surface area (Å²) in [5, 5.41) is -0.0541. The van der Waals surface area contributed by atoms with E-state index in [-0.39, 0.29) is 11.2 Å². The van der Waals surface area contributed by atoms with Gasteiger partial charge >= 0.3 is 6.18 Å². The summed E-state index contributed by atoms with van der Waals surface area (Å²) >= 11 is 1.45. The smallest absolute Gasteiger partial charge is 0.166 e. The summed E-state index contributed by atoms with van der Waals surface area (Å²) in [4.78, 5) is 0. The number of hydrogen-bond donors (Lipinski definition) is 0. The van der Waals surface area contributed by atoms with Gasteiger partial charge in [-0.25, -0.2) is 0 Å². The molecule has 0 bridgehead atoms. The Morgan fingerprint density at radius 1 is 1.38 bits per heavy atom. The zero-order chi connectivity index (χ0) is 10.1. The number of halogens is 3. The first kappa shape index (κ1) is 10.7. The van der Waals surface area contributed by atoms with Crippen LogP contribution in [0, 0.1) is 5.92 Å². The molecule has 1 aliphatic carbocycles. The minimum absolute atomic E-state index is 0.0541. The first-order chi connectivity index (χ1) is 5.95. The lowest BCUT2D eigenvalue weighted by Crippen LogP contribution is -2.19. The molecule has 2 unspecified atom stereocenters. The third kappa shape index (κ3) is 2.53. The van der Waals surface area contributed by atoms with Gasteiger partial charge in [0.2, 0.25) is 0 Å². The summed E-state index contributed by atoms with van der Waals surface area (Å²) < 4.78 is 36.7. The molecule has 0 N–H and O–H groups in total. The second kappa shape index (κ2) is 3.78. The van der Waals surface area contributed by atoms with Crippen molar-refractivity contribution in [2.24, 2.45) is 5.92 Å². The van der Waals surface area contributed by atoms with Gasteiger partial charge < -0.3 is 0 Å². The highest BCUT2D eigenvalue weighted by Crippen LogP contribution is 2.34. The molecular formula is C9H11F3S. The van der Waals surface area contributed by atoms with Crippen LogP contribution in [0.4, 0.5) is 13.2 Å². The zero-order valence-electron chi connectivity index (χ0n) is 7.43. The highest BCUT2D eigenvalue weighted by atomic mass is 32.2. The van der Waals surface area contributed by atoms with E-state index in [0.29, 0.717) is 0 Å². The second-order valence-electron chi connectivity index (χ2n) is 3.04. The fourth-order valence-corrected chi connectivity index (χ4v) is 2.02. The second-order valence-corrected chi connectivity index (χ2v) is 4.05. The van der Waals surface area contributed by atoms with Gasteiger partial charge in [-0.1, -0.05) is 25.2 Å². The lowest BCUT2D eigenvalue weighted by Gasteiger charge is -2.22. The predicted octanol–water partition coefficient (Wildman–Crippen LogP) is 3.41. The maximum absolute atomic E-state index is 12.2. The van der Waals surface area contributed by atoms with Gasteiger partial charge in [0, 0.05) is 5.25 Å². The van der Waals surface area contributed by atoms with Crippen molar-refractivity contribution in [3.05, 3.63) is 23.8 Å². The van der Waals surface area contributed by atoms with Crippen LogP contribution in [-0.4, -0.2) is 17.7 Å². The number of hydrogen-bond acceptors (Lipinski definition) is 1. The van der Waals surface area contributed by atoms with Crippen molar-refractivity contribution in [1.29, 1.82) is 0 Å². The molecule has 74 valence electrons. The van der Waals surface area contributed by atoms with E-state index in [1.165, 1.54) is 17.8 Å². The number of rotatable bonds is 1. The van der Waals surface area contributed by atoms with Gasteiger partial charge in [-0.3, -0.25) is 0 Å². The Hall–Kier alpha value is -0.380. The summed E-state index contributed by atoms with van der Waals surface area (Å²) in [7, 11) is 0. The van der Waals surface area contributed by atoms with Gasteiger partial charge in [0.1, 0.15) is 0 Å². The lowest BCUT2D eigenvalue weighted by molar-refractivity contribution is -0.0886. The molecule has 0 aliphatic heterocycles. The lowest BCUT2D eigenvalue weighted by atomic mass is 9.98. The summed E-state index contributed by atoms with van der Waals surface area (Å²) in [6, 6.07) is 0. The van der Waals surface area contributed by atoms with Gasteiger partial charge in [-0.05, 0) is 12.2 Å². The van der Waals surface area contributed by atoms with Crippen molar-refractivity contribution >= 4 is 11.8 Å². The van der Waals surface area contributed by atoms with Gasteiger partial charge in [0.15, 0.2) is 0 Å². The molecule has 0 saturated heterocycles. The van der Waals surface area contributed by atoms with Crippen LogP contribution < -0.4 is 0 Å². The van der Waals surface area contributed by atoms with Crippen molar-refractivity contribution in [3.8, 4) is 0 Å². The van der Waals surface area contributed by atoms with E-state index in [2.05, 4.69) is 0 Å². The van der Waals surface area contributed by atoms with Crippen molar-refractivity contribution in [2.75, 3.05) is 6.26 Å². The molecule has 13 heavy (non-hydrogen) atoms. The highest BCUT2D eigenvalue weighted by molar-refractivity contribution is 7.99. The Bertz CT molecular complexity index is 240. The zero-order valence-corrected chi connectivity index (χ0v) is 8.25. The minimum atomic E-state index is -4.20. The average Bonchev–Trinajstić information content (AvgIpc) is 2.03. The summed E-state index contributed by atoms with van der Waals surface area (Å²) in [6.07, 6.45) is 1.70. The van der Waals surface area contributed by atoms with Crippen LogP contribution in [0.3, 0.4) is 0 Å². The van der Waals surface area contributed by atoms with Crippen molar-refractivity contribution < 1.29 is 13.2 Å². The minimum Gasteiger partial charge on any atom is -0.166 e. The summed E-state index contributed by atoms with van der Waals surface area (Å²) in [5.41, 5.74) is -0.523. The van der Waals surface area contributed by atoms with Crippen LogP contribution in [0.2, 0.25) is 0 Å². The monoisotopic (exact) mass is 208 g/mol. The first-order valence-corrected chi connectivity index (χ1v) is 5.24. The van der Waals surface area contributed by atoms with Crippen molar-refractivity contribution in [2.45, 2.75) is 18.3 Å².